The van der Waals surface area contributed by atoms with Crippen molar-refractivity contribution in [1.29, 1.82) is 0 Å². The zero-order chi connectivity index (χ0) is 22.3. The first-order valence-electron chi connectivity index (χ1n) is 10.1. The van der Waals surface area contributed by atoms with Crippen LogP contribution in [0, 0.1) is 10.1 Å². The van der Waals surface area contributed by atoms with Crippen molar-refractivity contribution in [3.63, 3.8) is 0 Å². The molecule has 2 N–H and O–H groups in total. The molecule has 2 aromatic heterocycles. The van der Waals surface area contributed by atoms with Gasteiger partial charge in [0.05, 0.1) is 11.5 Å². The topological polar surface area (TPSA) is 106 Å². The van der Waals surface area contributed by atoms with E-state index in [2.05, 4.69) is 15.6 Å². The van der Waals surface area contributed by atoms with Gasteiger partial charge >= 0.3 is 0 Å². The number of rotatable bonds is 16. The summed E-state index contributed by atoms with van der Waals surface area (Å²) in [5, 5.41) is 17.0. The Labute approximate surface area is 187 Å². The molecule has 0 aliphatic carbocycles. The molecule has 0 aliphatic heterocycles. The SMILES string of the molecule is CN(C)Cc1ccc(COCCCN/C(=C/[N+](=O)[O-])NCCSCc2cccnc2)o1. The van der Waals surface area contributed by atoms with Crippen LogP contribution in [0.4, 0.5) is 0 Å². The minimum absolute atomic E-state index is 0.409. The summed E-state index contributed by atoms with van der Waals surface area (Å²) in [6.45, 7) is 2.90. The van der Waals surface area contributed by atoms with Crippen LogP contribution in [0.2, 0.25) is 0 Å². The second kappa shape index (κ2) is 14.4. The third kappa shape index (κ3) is 11.4. The molecule has 2 aromatic rings. The summed E-state index contributed by atoms with van der Waals surface area (Å²) in [6, 6.07) is 7.82. The highest BCUT2D eigenvalue weighted by Crippen LogP contribution is 2.11. The first-order valence-corrected chi connectivity index (χ1v) is 11.3. The number of aromatic nitrogens is 1. The second-order valence-corrected chi connectivity index (χ2v) is 8.21. The van der Waals surface area contributed by atoms with Gasteiger partial charge in [-0.15, -0.1) is 0 Å². The number of nitrogens with zero attached hydrogens (tertiary/aromatic N) is 3. The molecule has 2 heterocycles. The van der Waals surface area contributed by atoms with Crippen molar-refractivity contribution < 1.29 is 14.1 Å². The van der Waals surface area contributed by atoms with Gasteiger partial charge in [0.25, 0.3) is 6.20 Å². The molecule has 0 radical (unpaired) electrons. The normalized spacial score (nSPS) is 11.6. The van der Waals surface area contributed by atoms with E-state index in [1.54, 1.807) is 18.0 Å². The van der Waals surface area contributed by atoms with Crippen LogP contribution in [0.1, 0.15) is 23.5 Å². The van der Waals surface area contributed by atoms with Gasteiger partial charge in [-0.3, -0.25) is 15.1 Å². The molecule has 170 valence electrons. The molecule has 0 atom stereocenters. The molecule has 2 rings (SSSR count). The lowest BCUT2D eigenvalue weighted by atomic mass is 10.3. The maximum Gasteiger partial charge on any atom is 0.274 e. The predicted octanol–water partition coefficient (Wildman–Crippen LogP) is 2.83. The van der Waals surface area contributed by atoms with E-state index in [0.29, 0.717) is 32.1 Å². The highest BCUT2D eigenvalue weighted by Gasteiger charge is 2.05. The van der Waals surface area contributed by atoms with Crippen LogP contribution in [0.5, 0.6) is 0 Å². The number of nitro groups is 1. The number of thioether (sulfide) groups is 1. The molecule has 0 unspecified atom stereocenters. The molecule has 0 spiro atoms. The van der Waals surface area contributed by atoms with Gasteiger partial charge in [-0.2, -0.15) is 11.8 Å². The fraction of sp³-hybridized carbons (Fsp3) is 0.476. The lowest BCUT2D eigenvalue weighted by Gasteiger charge is -2.11. The zero-order valence-electron chi connectivity index (χ0n) is 18.1. The summed E-state index contributed by atoms with van der Waals surface area (Å²) in [6.07, 6.45) is 5.27. The summed E-state index contributed by atoms with van der Waals surface area (Å²) in [5.41, 5.74) is 1.16. The molecule has 0 bridgehead atoms. The molecule has 10 heteroatoms. The highest BCUT2D eigenvalue weighted by atomic mass is 32.2. The summed E-state index contributed by atoms with van der Waals surface area (Å²) in [4.78, 5) is 16.5. The maximum atomic E-state index is 10.8. The van der Waals surface area contributed by atoms with Crippen molar-refractivity contribution >= 4 is 11.8 Å². The fourth-order valence-electron chi connectivity index (χ4n) is 2.66. The van der Waals surface area contributed by atoms with Gasteiger partial charge in [-0.05, 0) is 44.3 Å². The minimum atomic E-state index is -0.461. The summed E-state index contributed by atoms with van der Waals surface area (Å²) in [7, 11) is 3.98. The monoisotopic (exact) mass is 449 g/mol. The zero-order valence-corrected chi connectivity index (χ0v) is 18.9. The third-order valence-electron chi connectivity index (χ3n) is 4.00. The molecule has 0 fully saturated rings. The molecule has 0 aromatic carbocycles. The van der Waals surface area contributed by atoms with Crippen LogP contribution >= 0.6 is 11.8 Å². The number of hydrogen-bond donors (Lipinski definition) is 2. The van der Waals surface area contributed by atoms with Gasteiger partial charge in [0.2, 0.25) is 0 Å². The van der Waals surface area contributed by atoms with Crippen molar-refractivity contribution in [3.05, 3.63) is 75.9 Å². The van der Waals surface area contributed by atoms with Gasteiger partial charge in [0.15, 0.2) is 5.82 Å². The van der Waals surface area contributed by atoms with Crippen LogP contribution in [-0.4, -0.2) is 54.4 Å². The largest absolute Gasteiger partial charge is 0.462 e. The van der Waals surface area contributed by atoms with Crippen LogP contribution in [0.25, 0.3) is 0 Å². The Morgan fingerprint density at radius 2 is 2.10 bits per heavy atom. The quantitative estimate of drug-likeness (QED) is 0.227. The number of nitrogens with one attached hydrogen (secondary N) is 2. The molecule has 0 saturated carbocycles. The van der Waals surface area contributed by atoms with Gasteiger partial charge in [0, 0.05) is 43.6 Å². The second-order valence-electron chi connectivity index (χ2n) is 7.11. The van der Waals surface area contributed by atoms with E-state index >= 15 is 0 Å². The predicted molar refractivity (Wildman–Crippen MR) is 122 cm³/mol. The first-order chi connectivity index (χ1) is 15.0. The summed E-state index contributed by atoms with van der Waals surface area (Å²) < 4.78 is 11.3. The van der Waals surface area contributed by atoms with Crippen LogP contribution in [-0.2, 0) is 23.6 Å². The number of hydrogen-bond acceptors (Lipinski definition) is 9. The van der Waals surface area contributed by atoms with E-state index in [1.165, 1.54) is 0 Å². The Morgan fingerprint density at radius 3 is 2.84 bits per heavy atom. The molecule has 0 aliphatic rings. The van der Waals surface area contributed by atoms with E-state index in [4.69, 9.17) is 9.15 Å². The lowest BCUT2D eigenvalue weighted by Crippen LogP contribution is -2.30. The van der Waals surface area contributed by atoms with Gasteiger partial charge in [0.1, 0.15) is 18.1 Å². The maximum absolute atomic E-state index is 10.8. The van der Waals surface area contributed by atoms with Gasteiger partial charge < -0.3 is 24.7 Å². The first kappa shape index (κ1) is 24.7. The van der Waals surface area contributed by atoms with Crippen molar-refractivity contribution in [3.8, 4) is 0 Å². The summed E-state index contributed by atoms with van der Waals surface area (Å²) in [5.74, 6) is 3.80. The van der Waals surface area contributed by atoms with E-state index in [1.807, 2.05) is 49.5 Å². The smallest absolute Gasteiger partial charge is 0.274 e. The number of pyridine rings is 1. The van der Waals surface area contributed by atoms with Crippen molar-refractivity contribution in [2.24, 2.45) is 0 Å². The Hall–Kier alpha value is -2.56. The molecule has 31 heavy (non-hydrogen) atoms. The molecule has 9 nitrogen and oxygen atoms in total. The molecular weight excluding hydrogens is 418 g/mol. The Bertz CT molecular complexity index is 798. The van der Waals surface area contributed by atoms with Crippen molar-refractivity contribution in [2.75, 3.05) is 39.5 Å². The van der Waals surface area contributed by atoms with Crippen molar-refractivity contribution in [2.45, 2.75) is 25.3 Å². The molecular formula is C21H31N5O4S. The molecule has 0 saturated heterocycles. The van der Waals surface area contributed by atoms with Gasteiger partial charge in [-0.1, -0.05) is 6.07 Å². The van der Waals surface area contributed by atoms with E-state index in [0.717, 1.165) is 47.8 Å². The van der Waals surface area contributed by atoms with Crippen LogP contribution in [0.15, 0.2) is 53.1 Å². The standard InChI is InChI=1S/C21H31N5O4S/c1-25(2)14-19-6-7-20(30-19)16-29-11-4-9-23-21(15-26(27)28)24-10-12-31-17-18-5-3-8-22-13-18/h3,5-8,13,15,23-24H,4,9-12,14,16-17H2,1-2H3/b21-15-. The lowest BCUT2D eigenvalue weighted by molar-refractivity contribution is -0.404. The average Bonchev–Trinajstić information content (AvgIpc) is 3.16. The number of furan rings is 1. The van der Waals surface area contributed by atoms with Crippen molar-refractivity contribution in [1.82, 2.24) is 20.5 Å². The van der Waals surface area contributed by atoms with E-state index in [9.17, 15) is 10.1 Å². The van der Waals surface area contributed by atoms with Gasteiger partial charge in [-0.25, -0.2) is 0 Å². The van der Waals surface area contributed by atoms with Crippen LogP contribution in [0.3, 0.4) is 0 Å². The Morgan fingerprint density at radius 1 is 1.29 bits per heavy atom. The fourth-order valence-corrected chi connectivity index (χ4v) is 3.45. The summed E-state index contributed by atoms with van der Waals surface area (Å²) >= 11 is 1.75. The Balaban J connectivity index is 1.57. The Kier molecular flexibility index (Phi) is 11.5. The average molecular weight is 450 g/mol. The number of ether oxygens (including phenoxy) is 1. The van der Waals surface area contributed by atoms with E-state index < -0.39 is 4.92 Å². The van der Waals surface area contributed by atoms with Crippen LogP contribution < -0.4 is 10.6 Å². The molecule has 0 amide bonds. The third-order valence-corrected chi connectivity index (χ3v) is 5.03. The highest BCUT2D eigenvalue weighted by molar-refractivity contribution is 7.98. The minimum Gasteiger partial charge on any atom is -0.462 e. The van der Waals surface area contributed by atoms with E-state index in [-0.39, 0.29) is 0 Å².